The highest BCUT2D eigenvalue weighted by Crippen LogP contribution is 2.14. The van der Waals surface area contributed by atoms with Crippen LogP contribution < -0.4 is 0 Å². The number of ether oxygens (including phenoxy) is 1. The minimum absolute atomic E-state index is 0.0420. The van der Waals surface area contributed by atoms with Crippen LogP contribution in [-0.2, 0) is 9.53 Å². The number of carboxylic acids is 1. The van der Waals surface area contributed by atoms with Gasteiger partial charge in [-0.15, -0.1) is 0 Å². The van der Waals surface area contributed by atoms with Gasteiger partial charge in [0, 0.05) is 6.20 Å². The summed E-state index contributed by atoms with van der Waals surface area (Å²) in [6.07, 6.45) is 2.50. The number of nitrogens with zero attached hydrogens (tertiary/aromatic N) is 2. The maximum Gasteiger partial charge on any atom is 0.338 e. The van der Waals surface area contributed by atoms with Crippen LogP contribution in [0, 0.1) is 0 Å². The lowest BCUT2D eigenvalue weighted by molar-refractivity contribution is -0.158. The molecule has 0 aliphatic heterocycles. The van der Waals surface area contributed by atoms with E-state index in [-0.39, 0.29) is 5.56 Å². The highest BCUT2D eigenvalue weighted by molar-refractivity contribution is 5.87. The fraction of sp³-hybridized carbons (Fsp3) is 0.545. The van der Waals surface area contributed by atoms with Crippen LogP contribution in [0.5, 0.6) is 0 Å². The van der Waals surface area contributed by atoms with Gasteiger partial charge in [0.05, 0.1) is 11.8 Å². The van der Waals surface area contributed by atoms with E-state index < -0.39 is 23.6 Å². The standard InChI is InChI=1S/C11H16N2O4/c1-7(10(16)17-11(2,3)4)13-6-8(5-12-13)9(14)15/h5-7H,1-4H3,(H,14,15)/t7-/m0/s1. The molecule has 0 bridgehead atoms. The molecule has 1 aromatic heterocycles. The number of esters is 1. The number of hydrogen-bond acceptors (Lipinski definition) is 4. The summed E-state index contributed by atoms with van der Waals surface area (Å²) in [4.78, 5) is 22.4. The first-order chi connectivity index (χ1) is 7.70. The molecule has 6 heteroatoms. The number of carboxylic acid groups (broad SMARTS) is 1. The monoisotopic (exact) mass is 240 g/mol. The smallest absolute Gasteiger partial charge is 0.338 e. The average molecular weight is 240 g/mol. The first-order valence-corrected chi connectivity index (χ1v) is 5.21. The zero-order chi connectivity index (χ0) is 13.2. The number of carbonyl (C=O) groups excluding carboxylic acids is 1. The van der Waals surface area contributed by atoms with Gasteiger partial charge in [-0.3, -0.25) is 4.68 Å². The van der Waals surface area contributed by atoms with E-state index in [1.54, 1.807) is 27.7 Å². The molecule has 17 heavy (non-hydrogen) atoms. The van der Waals surface area contributed by atoms with E-state index >= 15 is 0 Å². The lowest BCUT2D eigenvalue weighted by Gasteiger charge is -2.22. The van der Waals surface area contributed by atoms with Gasteiger partial charge in [0.15, 0.2) is 0 Å². The van der Waals surface area contributed by atoms with Gasteiger partial charge in [0.1, 0.15) is 11.6 Å². The van der Waals surface area contributed by atoms with E-state index in [0.717, 1.165) is 0 Å². The Kier molecular flexibility index (Phi) is 3.55. The molecule has 0 aliphatic carbocycles. The minimum atomic E-state index is -1.08. The molecule has 1 N–H and O–H groups in total. The Morgan fingerprint density at radius 1 is 1.47 bits per heavy atom. The van der Waals surface area contributed by atoms with Crippen molar-refractivity contribution >= 4 is 11.9 Å². The van der Waals surface area contributed by atoms with Gasteiger partial charge in [-0.25, -0.2) is 9.59 Å². The van der Waals surface area contributed by atoms with Crippen LogP contribution in [0.15, 0.2) is 12.4 Å². The molecular weight excluding hydrogens is 224 g/mol. The Morgan fingerprint density at radius 2 is 2.06 bits per heavy atom. The molecule has 0 saturated heterocycles. The van der Waals surface area contributed by atoms with Crippen LogP contribution in [0.1, 0.15) is 44.1 Å². The predicted octanol–water partition coefficient (Wildman–Crippen LogP) is 1.48. The Hall–Kier alpha value is -1.85. The molecule has 0 radical (unpaired) electrons. The molecule has 1 atom stereocenters. The third kappa shape index (κ3) is 3.58. The van der Waals surface area contributed by atoms with Crippen molar-refractivity contribution in [2.24, 2.45) is 0 Å². The van der Waals surface area contributed by atoms with Crippen LogP contribution in [0.4, 0.5) is 0 Å². The Labute approximate surface area is 99.2 Å². The van der Waals surface area contributed by atoms with Crippen LogP contribution in [0.2, 0.25) is 0 Å². The normalized spacial score (nSPS) is 13.2. The molecule has 6 nitrogen and oxygen atoms in total. The van der Waals surface area contributed by atoms with Crippen molar-refractivity contribution in [1.29, 1.82) is 0 Å². The summed E-state index contributed by atoms with van der Waals surface area (Å²) in [6, 6.07) is -0.651. The van der Waals surface area contributed by atoms with E-state index in [1.807, 2.05) is 0 Å². The molecule has 0 amide bonds. The van der Waals surface area contributed by atoms with E-state index in [4.69, 9.17) is 9.84 Å². The summed E-state index contributed by atoms with van der Waals surface area (Å²) >= 11 is 0. The second kappa shape index (κ2) is 4.57. The van der Waals surface area contributed by atoms with E-state index in [9.17, 15) is 9.59 Å². The maximum atomic E-state index is 11.7. The molecule has 1 rings (SSSR count). The quantitative estimate of drug-likeness (QED) is 0.809. The zero-order valence-electron chi connectivity index (χ0n) is 10.3. The summed E-state index contributed by atoms with van der Waals surface area (Å²) in [5.41, 5.74) is -0.533. The number of hydrogen-bond donors (Lipinski definition) is 1. The third-order valence-corrected chi connectivity index (χ3v) is 1.99. The summed E-state index contributed by atoms with van der Waals surface area (Å²) in [5, 5.41) is 12.6. The van der Waals surface area contributed by atoms with Crippen LogP contribution in [0.3, 0.4) is 0 Å². The van der Waals surface area contributed by atoms with Crippen molar-refractivity contribution in [3.8, 4) is 0 Å². The van der Waals surface area contributed by atoms with Gasteiger partial charge in [-0.2, -0.15) is 5.10 Å². The zero-order valence-corrected chi connectivity index (χ0v) is 10.3. The van der Waals surface area contributed by atoms with Crippen molar-refractivity contribution in [1.82, 2.24) is 9.78 Å². The summed E-state index contributed by atoms with van der Waals surface area (Å²) in [5.74, 6) is -1.52. The van der Waals surface area contributed by atoms with E-state index in [1.165, 1.54) is 17.1 Å². The highest BCUT2D eigenvalue weighted by Gasteiger charge is 2.23. The van der Waals surface area contributed by atoms with Gasteiger partial charge in [-0.1, -0.05) is 0 Å². The molecular formula is C11H16N2O4. The lowest BCUT2D eigenvalue weighted by Crippen LogP contribution is -2.29. The van der Waals surface area contributed by atoms with Crippen LogP contribution >= 0.6 is 0 Å². The first-order valence-electron chi connectivity index (χ1n) is 5.21. The maximum absolute atomic E-state index is 11.7. The first kappa shape index (κ1) is 13.2. The lowest BCUT2D eigenvalue weighted by atomic mass is 10.2. The van der Waals surface area contributed by atoms with Gasteiger partial charge in [-0.05, 0) is 27.7 Å². The fourth-order valence-electron chi connectivity index (χ4n) is 1.16. The Morgan fingerprint density at radius 3 is 2.47 bits per heavy atom. The Balaban J connectivity index is 2.78. The Bertz CT molecular complexity index is 431. The number of rotatable bonds is 3. The molecule has 0 fully saturated rings. The largest absolute Gasteiger partial charge is 0.478 e. The fourth-order valence-corrected chi connectivity index (χ4v) is 1.16. The molecule has 94 valence electrons. The van der Waals surface area contributed by atoms with E-state index in [2.05, 4.69) is 5.10 Å². The topological polar surface area (TPSA) is 81.4 Å². The van der Waals surface area contributed by atoms with Crippen molar-refractivity contribution in [2.75, 3.05) is 0 Å². The molecule has 0 spiro atoms. The molecule has 0 saturated carbocycles. The SMILES string of the molecule is C[C@@H](C(=O)OC(C)(C)C)n1cc(C(=O)O)cn1. The van der Waals surface area contributed by atoms with Gasteiger partial charge in [0.2, 0.25) is 0 Å². The number of carbonyl (C=O) groups is 2. The average Bonchev–Trinajstić information content (AvgIpc) is 2.62. The van der Waals surface area contributed by atoms with Crippen molar-refractivity contribution in [2.45, 2.75) is 39.3 Å². The van der Waals surface area contributed by atoms with E-state index in [0.29, 0.717) is 0 Å². The van der Waals surface area contributed by atoms with Crippen molar-refractivity contribution in [3.05, 3.63) is 18.0 Å². The highest BCUT2D eigenvalue weighted by atomic mass is 16.6. The second-order valence-electron chi connectivity index (χ2n) is 4.72. The van der Waals surface area contributed by atoms with Crippen LogP contribution in [0.25, 0.3) is 0 Å². The molecule has 0 aromatic carbocycles. The molecule has 1 aromatic rings. The number of aromatic carboxylic acids is 1. The predicted molar refractivity (Wildman–Crippen MR) is 59.7 cm³/mol. The van der Waals surface area contributed by atoms with Crippen molar-refractivity contribution in [3.63, 3.8) is 0 Å². The summed E-state index contributed by atoms with van der Waals surface area (Å²) < 4.78 is 6.45. The van der Waals surface area contributed by atoms with Crippen LogP contribution in [-0.4, -0.2) is 32.4 Å². The second-order valence-corrected chi connectivity index (χ2v) is 4.72. The van der Waals surface area contributed by atoms with Gasteiger partial charge < -0.3 is 9.84 Å². The minimum Gasteiger partial charge on any atom is -0.478 e. The molecule has 1 heterocycles. The number of aromatic nitrogens is 2. The summed E-state index contributed by atoms with van der Waals surface area (Å²) in [7, 11) is 0. The van der Waals surface area contributed by atoms with Gasteiger partial charge in [0.25, 0.3) is 0 Å². The molecule has 0 unspecified atom stereocenters. The summed E-state index contributed by atoms with van der Waals surface area (Å²) in [6.45, 7) is 6.91. The van der Waals surface area contributed by atoms with Gasteiger partial charge >= 0.3 is 11.9 Å². The third-order valence-electron chi connectivity index (χ3n) is 1.99. The molecule has 0 aliphatic rings. The van der Waals surface area contributed by atoms with Crippen molar-refractivity contribution < 1.29 is 19.4 Å².